The smallest absolute Gasteiger partial charge is 0.221 e. The first-order valence-corrected chi connectivity index (χ1v) is 8.22. The lowest BCUT2D eigenvalue weighted by molar-refractivity contribution is 0.102. The molecule has 0 fully saturated rings. The van der Waals surface area contributed by atoms with Crippen molar-refractivity contribution in [3.8, 4) is 11.5 Å². The molecule has 1 atom stereocenters. The summed E-state index contributed by atoms with van der Waals surface area (Å²) in [6.45, 7) is 2.03. The summed E-state index contributed by atoms with van der Waals surface area (Å²) in [5.74, 6) is 1.72. The molecule has 0 radical (unpaired) electrons. The molecule has 0 aliphatic carbocycles. The molecule has 0 amide bonds. The summed E-state index contributed by atoms with van der Waals surface area (Å²) in [5.41, 5.74) is 2.64. The number of para-hydroxylation sites is 1. The third kappa shape index (κ3) is 2.91. The van der Waals surface area contributed by atoms with Crippen molar-refractivity contribution in [2.75, 3.05) is 7.11 Å². The number of hydrogen-bond acceptors (Lipinski definition) is 4. The van der Waals surface area contributed by atoms with Gasteiger partial charge in [-0.1, -0.05) is 18.2 Å². The van der Waals surface area contributed by atoms with E-state index in [0.29, 0.717) is 11.3 Å². The van der Waals surface area contributed by atoms with Crippen molar-refractivity contribution in [3.05, 3.63) is 65.4 Å². The van der Waals surface area contributed by atoms with E-state index >= 15 is 0 Å². The molecule has 0 saturated carbocycles. The number of furan rings is 1. The fourth-order valence-electron chi connectivity index (χ4n) is 3.12. The number of hydrogen-bond donors (Lipinski definition) is 0. The Morgan fingerprint density at radius 2 is 2.08 bits per heavy atom. The fraction of sp³-hybridized carbons (Fsp3) is 0.190. The van der Waals surface area contributed by atoms with Gasteiger partial charge in [0, 0.05) is 22.9 Å². The van der Waals surface area contributed by atoms with E-state index in [0.717, 1.165) is 34.4 Å². The zero-order valence-corrected chi connectivity index (χ0v) is 14.1. The highest BCUT2D eigenvalue weighted by Crippen LogP contribution is 2.37. The molecular weight excluding hydrogens is 316 g/mol. The lowest BCUT2D eigenvalue weighted by atomic mass is 10.0. The van der Waals surface area contributed by atoms with Gasteiger partial charge in [0.2, 0.25) is 5.78 Å². The van der Waals surface area contributed by atoms with Crippen molar-refractivity contribution in [3.63, 3.8) is 0 Å². The predicted octanol–water partition coefficient (Wildman–Crippen LogP) is 4.66. The number of ether oxygens (including phenoxy) is 2. The van der Waals surface area contributed by atoms with Crippen LogP contribution in [0.5, 0.6) is 11.5 Å². The van der Waals surface area contributed by atoms with Gasteiger partial charge in [-0.3, -0.25) is 4.79 Å². The number of methoxy groups -OCH3 is 1. The molecule has 2 heterocycles. The summed E-state index contributed by atoms with van der Waals surface area (Å²) in [6.07, 6.45) is 4.24. The molecule has 1 unspecified atom stereocenters. The van der Waals surface area contributed by atoms with Crippen LogP contribution >= 0.6 is 0 Å². The topological polar surface area (TPSA) is 48.7 Å². The van der Waals surface area contributed by atoms with Gasteiger partial charge in [0.15, 0.2) is 5.76 Å². The summed E-state index contributed by atoms with van der Waals surface area (Å²) in [7, 11) is 1.63. The molecule has 1 aliphatic heterocycles. The summed E-state index contributed by atoms with van der Waals surface area (Å²) in [4.78, 5) is 12.5. The van der Waals surface area contributed by atoms with Crippen LogP contribution in [0.25, 0.3) is 17.0 Å². The van der Waals surface area contributed by atoms with Crippen LogP contribution < -0.4 is 9.47 Å². The first-order chi connectivity index (χ1) is 12.1. The monoisotopic (exact) mass is 334 g/mol. The Hall–Kier alpha value is -3.01. The lowest BCUT2D eigenvalue weighted by Gasteiger charge is -2.08. The van der Waals surface area contributed by atoms with Gasteiger partial charge in [-0.2, -0.15) is 0 Å². The molecule has 0 N–H and O–H groups in total. The number of carbonyl (C=O) groups excluding carboxylic acids is 1. The molecule has 0 saturated heterocycles. The second-order valence-corrected chi connectivity index (χ2v) is 6.18. The second-order valence-electron chi connectivity index (χ2n) is 6.18. The van der Waals surface area contributed by atoms with Crippen molar-refractivity contribution in [1.82, 2.24) is 0 Å². The molecule has 0 bridgehead atoms. The van der Waals surface area contributed by atoms with Crippen LogP contribution in [0.15, 0.2) is 53.0 Å². The zero-order chi connectivity index (χ0) is 17.4. The molecule has 4 heteroatoms. The first-order valence-electron chi connectivity index (χ1n) is 8.22. The van der Waals surface area contributed by atoms with E-state index in [2.05, 4.69) is 0 Å². The van der Waals surface area contributed by atoms with Gasteiger partial charge < -0.3 is 13.9 Å². The fourth-order valence-corrected chi connectivity index (χ4v) is 3.12. The minimum Gasteiger partial charge on any atom is -0.497 e. The van der Waals surface area contributed by atoms with Crippen molar-refractivity contribution >= 4 is 22.8 Å². The average Bonchev–Trinajstić information content (AvgIpc) is 3.21. The standard InChI is InChI=1S/C21H18O4/c1-13-9-16-11-17(23-2)10-15(21(16)24-13)7-8-18(22)20-12-14-5-3-4-6-19(14)25-20/h3-8,10-13H,9H2,1-2H3. The van der Waals surface area contributed by atoms with Crippen LogP contribution in [0.2, 0.25) is 0 Å². The number of carbonyl (C=O) groups is 1. The maximum atomic E-state index is 12.5. The van der Waals surface area contributed by atoms with Crippen molar-refractivity contribution in [1.29, 1.82) is 0 Å². The predicted molar refractivity (Wildman–Crippen MR) is 96.4 cm³/mol. The largest absolute Gasteiger partial charge is 0.497 e. The SMILES string of the molecule is COc1cc(C=CC(=O)c2cc3ccccc3o2)c2c(c1)CC(C)O2. The van der Waals surface area contributed by atoms with E-state index < -0.39 is 0 Å². The maximum absolute atomic E-state index is 12.5. The summed E-state index contributed by atoms with van der Waals surface area (Å²) >= 11 is 0. The third-order valence-corrected chi connectivity index (χ3v) is 4.31. The van der Waals surface area contributed by atoms with Crippen LogP contribution in [0, 0.1) is 0 Å². The zero-order valence-electron chi connectivity index (χ0n) is 14.1. The molecule has 1 aliphatic rings. The minimum atomic E-state index is -0.182. The van der Waals surface area contributed by atoms with E-state index in [9.17, 15) is 4.79 Å². The van der Waals surface area contributed by atoms with Crippen LogP contribution in [0.1, 0.15) is 28.6 Å². The quantitative estimate of drug-likeness (QED) is 0.514. The van der Waals surface area contributed by atoms with Crippen molar-refractivity contribution in [2.45, 2.75) is 19.4 Å². The highest BCUT2D eigenvalue weighted by molar-refractivity contribution is 6.07. The highest BCUT2D eigenvalue weighted by atomic mass is 16.5. The highest BCUT2D eigenvalue weighted by Gasteiger charge is 2.22. The number of fused-ring (bicyclic) bond motifs is 2. The summed E-state index contributed by atoms with van der Waals surface area (Å²) in [6, 6.07) is 13.2. The Balaban J connectivity index is 1.65. The molecule has 25 heavy (non-hydrogen) atoms. The molecule has 126 valence electrons. The number of ketones is 1. The van der Waals surface area contributed by atoms with E-state index in [1.807, 2.05) is 43.3 Å². The molecule has 2 aromatic carbocycles. The van der Waals surface area contributed by atoms with Crippen LogP contribution in [-0.4, -0.2) is 19.0 Å². The molecule has 0 spiro atoms. The van der Waals surface area contributed by atoms with Crippen LogP contribution in [0.4, 0.5) is 0 Å². The Labute approximate surface area is 145 Å². The number of benzene rings is 2. The third-order valence-electron chi connectivity index (χ3n) is 4.31. The molecule has 1 aromatic heterocycles. The molecule has 3 aromatic rings. The minimum absolute atomic E-state index is 0.125. The van der Waals surface area contributed by atoms with Gasteiger partial charge in [-0.25, -0.2) is 0 Å². The van der Waals surface area contributed by atoms with Gasteiger partial charge in [0.25, 0.3) is 0 Å². The summed E-state index contributed by atoms with van der Waals surface area (Å²) < 4.78 is 16.9. The number of allylic oxidation sites excluding steroid dienone is 1. The molecular formula is C21H18O4. The normalized spacial score (nSPS) is 16.2. The second kappa shape index (κ2) is 6.13. The molecule has 4 nitrogen and oxygen atoms in total. The van der Waals surface area contributed by atoms with E-state index in [4.69, 9.17) is 13.9 Å². The van der Waals surface area contributed by atoms with E-state index in [1.54, 1.807) is 19.3 Å². The van der Waals surface area contributed by atoms with Gasteiger partial charge in [-0.15, -0.1) is 0 Å². The van der Waals surface area contributed by atoms with E-state index in [-0.39, 0.29) is 11.9 Å². The molecule has 4 rings (SSSR count). The summed E-state index contributed by atoms with van der Waals surface area (Å²) in [5, 5.41) is 0.915. The maximum Gasteiger partial charge on any atom is 0.221 e. The van der Waals surface area contributed by atoms with Gasteiger partial charge >= 0.3 is 0 Å². The lowest BCUT2D eigenvalue weighted by Crippen LogP contribution is -2.05. The van der Waals surface area contributed by atoms with Gasteiger partial charge in [0.05, 0.1) is 7.11 Å². The Morgan fingerprint density at radius 1 is 1.24 bits per heavy atom. The Bertz CT molecular complexity index is 948. The van der Waals surface area contributed by atoms with Crippen LogP contribution in [0.3, 0.4) is 0 Å². The van der Waals surface area contributed by atoms with Gasteiger partial charge in [-0.05, 0) is 43.3 Å². The van der Waals surface area contributed by atoms with E-state index in [1.165, 1.54) is 6.08 Å². The van der Waals surface area contributed by atoms with Gasteiger partial charge in [0.1, 0.15) is 23.2 Å². The Kier molecular flexibility index (Phi) is 3.80. The Morgan fingerprint density at radius 3 is 2.88 bits per heavy atom. The van der Waals surface area contributed by atoms with Crippen LogP contribution in [-0.2, 0) is 6.42 Å². The average molecular weight is 334 g/mol. The first kappa shape index (κ1) is 15.5. The van der Waals surface area contributed by atoms with Crippen molar-refractivity contribution in [2.24, 2.45) is 0 Å². The van der Waals surface area contributed by atoms with Crippen molar-refractivity contribution < 1.29 is 18.7 Å². The number of rotatable bonds is 4.